The molecular weight excluding hydrogens is 382 g/mol. The standard InChI is InChI=1S/C20H21N5OS.C2H2/c1-3-14(27-2)6-8-22-20(26)12-4-5-15-13(10-12)11-17(23-15)19-18-16(24-25-19)7-9-21-18;1-2/h3-5,7,9-11,21,23H,6,8H2,1-2H3,(H,22,26)(H,24,25);1-2H/b14-3-;. The van der Waals surface area contributed by atoms with E-state index < -0.39 is 0 Å². The van der Waals surface area contributed by atoms with Crippen LogP contribution in [0.1, 0.15) is 23.7 Å². The van der Waals surface area contributed by atoms with Gasteiger partial charge in [-0.2, -0.15) is 5.10 Å². The molecule has 0 aliphatic carbocycles. The number of hydrogen-bond acceptors (Lipinski definition) is 3. The van der Waals surface area contributed by atoms with E-state index in [1.807, 2.05) is 43.5 Å². The van der Waals surface area contributed by atoms with E-state index in [4.69, 9.17) is 0 Å². The van der Waals surface area contributed by atoms with Crippen LogP contribution in [0.4, 0.5) is 0 Å². The predicted octanol–water partition coefficient (Wildman–Crippen LogP) is 4.68. The number of thioether (sulfide) groups is 1. The van der Waals surface area contributed by atoms with Gasteiger partial charge in [-0.3, -0.25) is 9.89 Å². The molecule has 7 heteroatoms. The number of hydrogen-bond donors (Lipinski definition) is 4. The van der Waals surface area contributed by atoms with Crippen LogP contribution in [-0.4, -0.2) is 38.9 Å². The average Bonchev–Trinajstić information content (AvgIpc) is 3.47. The first kappa shape index (κ1) is 20.4. The molecule has 4 aromatic rings. The fraction of sp³-hybridized carbons (Fsp3) is 0.182. The minimum atomic E-state index is -0.0530. The summed E-state index contributed by atoms with van der Waals surface area (Å²) in [4.78, 5) is 20.3. The third-order valence-corrected chi connectivity index (χ3v) is 5.62. The van der Waals surface area contributed by atoms with Gasteiger partial charge in [0.05, 0.1) is 16.7 Å². The topological polar surface area (TPSA) is 89.4 Å². The Kier molecular flexibility index (Phi) is 6.47. The van der Waals surface area contributed by atoms with Crippen molar-refractivity contribution < 1.29 is 4.79 Å². The van der Waals surface area contributed by atoms with Crippen molar-refractivity contribution in [1.29, 1.82) is 0 Å². The molecule has 0 unspecified atom stereocenters. The molecular formula is C22H23N5OS. The normalized spacial score (nSPS) is 11.4. The van der Waals surface area contributed by atoms with Crippen LogP contribution in [0.25, 0.3) is 33.3 Å². The molecule has 0 fully saturated rings. The molecule has 1 aromatic carbocycles. The van der Waals surface area contributed by atoms with Crippen LogP contribution in [0.3, 0.4) is 0 Å². The number of aromatic nitrogens is 4. The lowest BCUT2D eigenvalue weighted by Crippen LogP contribution is -2.24. The van der Waals surface area contributed by atoms with Gasteiger partial charge in [-0.05, 0) is 54.8 Å². The van der Waals surface area contributed by atoms with E-state index in [0.717, 1.165) is 39.7 Å². The smallest absolute Gasteiger partial charge is 0.251 e. The van der Waals surface area contributed by atoms with Gasteiger partial charge >= 0.3 is 0 Å². The van der Waals surface area contributed by atoms with Crippen molar-refractivity contribution in [3.8, 4) is 24.2 Å². The molecule has 4 N–H and O–H groups in total. The van der Waals surface area contributed by atoms with Crippen LogP contribution in [0.5, 0.6) is 0 Å². The predicted molar refractivity (Wildman–Crippen MR) is 122 cm³/mol. The fourth-order valence-corrected chi connectivity index (χ4v) is 3.73. The summed E-state index contributed by atoms with van der Waals surface area (Å²) in [6.45, 7) is 2.65. The lowest BCUT2D eigenvalue weighted by Gasteiger charge is -2.06. The second-order valence-electron chi connectivity index (χ2n) is 6.29. The lowest BCUT2D eigenvalue weighted by atomic mass is 10.1. The number of fused-ring (bicyclic) bond motifs is 2. The second kappa shape index (κ2) is 9.22. The zero-order valence-corrected chi connectivity index (χ0v) is 17.2. The molecule has 0 radical (unpaired) electrons. The van der Waals surface area contributed by atoms with Gasteiger partial charge in [-0.25, -0.2) is 0 Å². The minimum Gasteiger partial charge on any atom is -0.358 e. The Morgan fingerprint density at radius 2 is 2.07 bits per heavy atom. The molecule has 0 aliphatic rings. The van der Waals surface area contributed by atoms with Crippen molar-refractivity contribution in [2.45, 2.75) is 13.3 Å². The lowest BCUT2D eigenvalue weighted by molar-refractivity contribution is 0.0954. The number of carbonyl (C=O) groups excluding carboxylic acids is 1. The molecule has 148 valence electrons. The summed E-state index contributed by atoms with van der Waals surface area (Å²) >= 11 is 1.72. The van der Waals surface area contributed by atoms with E-state index in [-0.39, 0.29) is 5.91 Å². The van der Waals surface area contributed by atoms with Crippen molar-refractivity contribution in [3.05, 3.63) is 53.1 Å². The number of aromatic amines is 3. The highest BCUT2D eigenvalue weighted by atomic mass is 32.2. The van der Waals surface area contributed by atoms with Crippen LogP contribution in [-0.2, 0) is 0 Å². The molecule has 3 heterocycles. The van der Waals surface area contributed by atoms with Crippen LogP contribution in [0.15, 0.2) is 47.5 Å². The zero-order valence-electron chi connectivity index (χ0n) is 16.4. The molecule has 0 saturated carbocycles. The van der Waals surface area contributed by atoms with Crippen molar-refractivity contribution in [3.63, 3.8) is 0 Å². The molecule has 0 saturated heterocycles. The number of amides is 1. The Hall–Kier alpha value is -3.37. The molecule has 0 bridgehead atoms. The van der Waals surface area contributed by atoms with Crippen LogP contribution < -0.4 is 5.32 Å². The Bertz CT molecular complexity index is 1180. The monoisotopic (exact) mass is 405 g/mol. The van der Waals surface area contributed by atoms with Crippen LogP contribution in [0, 0.1) is 12.8 Å². The number of allylic oxidation sites excluding steroid dienone is 1. The van der Waals surface area contributed by atoms with Gasteiger partial charge in [0.25, 0.3) is 5.91 Å². The number of benzene rings is 1. The SMILES string of the molecule is C#C.C/C=C(/CCNC(=O)c1ccc2[nH]c(-c3n[nH]c4cc[nH]c34)cc2c1)SC. The summed E-state index contributed by atoms with van der Waals surface area (Å²) in [6.07, 6.45) is 14.9. The van der Waals surface area contributed by atoms with E-state index in [1.165, 1.54) is 4.91 Å². The number of terminal acetylenes is 1. The fourth-order valence-electron chi connectivity index (χ4n) is 3.19. The average molecular weight is 406 g/mol. The first-order valence-electron chi connectivity index (χ1n) is 9.15. The maximum absolute atomic E-state index is 12.5. The largest absolute Gasteiger partial charge is 0.358 e. The summed E-state index contributed by atoms with van der Waals surface area (Å²) in [5.74, 6) is -0.0530. The number of nitrogens with one attached hydrogen (secondary N) is 4. The molecule has 0 spiro atoms. The molecule has 0 aliphatic heterocycles. The van der Waals surface area contributed by atoms with Gasteiger partial charge in [0.15, 0.2) is 0 Å². The quantitative estimate of drug-likeness (QED) is 0.351. The maximum Gasteiger partial charge on any atom is 0.251 e. The third-order valence-electron chi connectivity index (χ3n) is 4.65. The molecule has 6 nitrogen and oxygen atoms in total. The molecule has 3 aromatic heterocycles. The van der Waals surface area contributed by atoms with Gasteiger partial charge in [0.1, 0.15) is 5.69 Å². The molecule has 0 atom stereocenters. The summed E-state index contributed by atoms with van der Waals surface area (Å²) in [5.41, 5.74) is 5.32. The van der Waals surface area contributed by atoms with Gasteiger partial charge in [0, 0.05) is 29.2 Å². The summed E-state index contributed by atoms with van der Waals surface area (Å²) in [6, 6.07) is 9.67. The molecule has 29 heavy (non-hydrogen) atoms. The van der Waals surface area contributed by atoms with Gasteiger partial charge < -0.3 is 15.3 Å². The minimum absolute atomic E-state index is 0.0530. The third kappa shape index (κ3) is 4.23. The number of carbonyl (C=O) groups is 1. The Balaban J connectivity index is 0.00000117. The first-order valence-corrected chi connectivity index (χ1v) is 10.4. The Morgan fingerprint density at radius 1 is 1.24 bits per heavy atom. The van der Waals surface area contributed by atoms with Crippen molar-refractivity contribution in [1.82, 2.24) is 25.5 Å². The summed E-state index contributed by atoms with van der Waals surface area (Å²) in [5, 5.41) is 11.4. The Labute approximate surface area is 173 Å². The molecule has 4 rings (SSSR count). The maximum atomic E-state index is 12.5. The van der Waals surface area contributed by atoms with Crippen LogP contribution >= 0.6 is 11.8 Å². The van der Waals surface area contributed by atoms with E-state index in [2.05, 4.69) is 50.7 Å². The first-order chi connectivity index (χ1) is 14.2. The van der Waals surface area contributed by atoms with Crippen molar-refractivity contribution >= 4 is 39.6 Å². The number of nitrogens with zero attached hydrogens (tertiary/aromatic N) is 1. The Morgan fingerprint density at radius 3 is 2.83 bits per heavy atom. The van der Waals surface area contributed by atoms with E-state index in [0.29, 0.717) is 12.1 Å². The van der Waals surface area contributed by atoms with Crippen molar-refractivity contribution in [2.24, 2.45) is 0 Å². The van der Waals surface area contributed by atoms with Gasteiger partial charge in [-0.15, -0.1) is 24.6 Å². The van der Waals surface area contributed by atoms with Crippen LogP contribution in [0.2, 0.25) is 0 Å². The second-order valence-corrected chi connectivity index (χ2v) is 7.22. The highest BCUT2D eigenvalue weighted by Crippen LogP contribution is 2.28. The van der Waals surface area contributed by atoms with E-state index in [9.17, 15) is 4.79 Å². The highest BCUT2D eigenvalue weighted by Gasteiger charge is 2.13. The zero-order chi connectivity index (χ0) is 20.8. The summed E-state index contributed by atoms with van der Waals surface area (Å²) in [7, 11) is 0. The molecule has 1 amide bonds. The highest BCUT2D eigenvalue weighted by molar-refractivity contribution is 8.02. The van der Waals surface area contributed by atoms with E-state index in [1.54, 1.807) is 11.8 Å². The van der Waals surface area contributed by atoms with Gasteiger partial charge in [-0.1, -0.05) is 6.08 Å². The number of H-pyrrole nitrogens is 3. The van der Waals surface area contributed by atoms with E-state index >= 15 is 0 Å². The van der Waals surface area contributed by atoms with Crippen molar-refractivity contribution in [2.75, 3.05) is 12.8 Å². The van der Waals surface area contributed by atoms with Gasteiger partial charge in [0.2, 0.25) is 0 Å². The number of rotatable bonds is 6. The summed E-state index contributed by atoms with van der Waals surface area (Å²) < 4.78 is 0.